The molecular formula is C21H24N6O. The molecule has 2 fully saturated rings. The van der Waals surface area contributed by atoms with Crippen LogP contribution in [0, 0.1) is 6.92 Å². The normalized spacial score (nSPS) is 17.0. The Morgan fingerprint density at radius 1 is 1.14 bits per heavy atom. The highest BCUT2D eigenvalue weighted by Crippen LogP contribution is 2.38. The number of aryl methyl sites for hydroxylation is 1. The Balaban J connectivity index is 1.24. The first-order valence-electron chi connectivity index (χ1n) is 9.87. The van der Waals surface area contributed by atoms with Crippen LogP contribution in [0.4, 0.5) is 5.82 Å². The molecule has 7 nitrogen and oxygen atoms in total. The van der Waals surface area contributed by atoms with Crippen LogP contribution in [-0.2, 0) is 11.2 Å². The van der Waals surface area contributed by atoms with Crippen molar-refractivity contribution in [2.45, 2.75) is 38.1 Å². The molecule has 0 atom stereocenters. The Hall–Kier alpha value is -2.96. The van der Waals surface area contributed by atoms with Crippen LogP contribution in [0.1, 0.15) is 35.7 Å². The average Bonchev–Trinajstić information content (AvgIpc) is 3.41. The lowest BCUT2D eigenvalue weighted by Crippen LogP contribution is -2.60. The highest BCUT2D eigenvalue weighted by Gasteiger charge is 2.34. The largest absolute Gasteiger partial charge is 0.351 e. The second-order valence-corrected chi connectivity index (χ2v) is 7.96. The van der Waals surface area contributed by atoms with E-state index in [-0.39, 0.29) is 11.9 Å². The molecule has 0 unspecified atom stereocenters. The molecule has 0 radical (unpaired) electrons. The topological polar surface area (TPSA) is 66.6 Å². The zero-order valence-electron chi connectivity index (χ0n) is 16.2. The number of carbonyl (C=O) groups excluding carboxylic acids is 1. The Bertz CT molecular complexity index is 1030. The van der Waals surface area contributed by atoms with E-state index in [4.69, 9.17) is 5.10 Å². The van der Waals surface area contributed by atoms with Gasteiger partial charge in [-0.2, -0.15) is 4.52 Å². The van der Waals surface area contributed by atoms with E-state index in [9.17, 15) is 4.79 Å². The van der Waals surface area contributed by atoms with Gasteiger partial charge in [0, 0.05) is 26.1 Å². The number of hydrogen-bond donors (Lipinski definition) is 0. The molecule has 1 saturated heterocycles. The smallest absolute Gasteiger partial charge is 0.227 e. The number of nitrogens with zero attached hydrogens (tertiary/aromatic N) is 6. The Labute approximate surface area is 164 Å². The summed E-state index contributed by atoms with van der Waals surface area (Å²) >= 11 is 0. The van der Waals surface area contributed by atoms with Crippen molar-refractivity contribution < 1.29 is 4.79 Å². The van der Waals surface area contributed by atoms with Crippen LogP contribution in [0.5, 0.6) is 0 Å². The van der Waals surface area contributed by atoms with Gasteiger partial charge in [0.1, 0.15) is 5.82 Å². The first kappa shape index (κ1) is 17.2. The number of benzene rings is 1. The summed E-state index contributed by atoms with van der Waals surface area (Å²) in [5.74, 6) is 2.56. The van der Waals surface area contributed by atoms with Crippen molar-refractivity contribution in [2.24, 2.45) is 0 Å². The second-order valence-electron chi connectivity index (χ2n) is 7.96. The van der Waals surface area contributed by atoms with E-state index in [2.05, 4.69) is 28.1 Å². The first-order chi connectivity index (χ1) is 13.6. The third-order valence-corrected chi connectivity index (χ3v) is 5.95. The summed E-state index contributed by atoms with van der Waals surface area (Å²) in [6.45, 7) is 3.65. The minimum absolute atomic E-state index is 0.164. The number of aromatic nitrogens is 4. The number of rotatable bonds is 5. The maximum Gasteiger partial charge on any atom is 0.227 e. The van der Waals surface area contributed by atoms with Crippen molar-refractivity contribution >= 4 is 17.4 Å². The number of anilines is 1. The van der Waals surface area contributed by atoms with Crippen LogP contribution in [-0.4, -0.2) is 56.8 Å². The van der Waals surface area contributed by atoms with Gasteiger partial charge in [0.2, 0.25) is 5.91 Å². The van der Waals surface area contributed by atoms with Gasteiger partial charge in [-0.05, 0) is 43.0 Å². The van der Waals surface area contributed by atoms with Gasteiger partial charge < -0.3 is 9.80 Å². The molecule has 3 heterocycles. The van der Waals surface area contributed by atoms with E-state index in [1.807, 2.05) is 46.8 Å². The van der Waals surface area contributed by atoms with E-state index < -0.39 is 0 Å². The molecule has 1 amide bonds. The van der Waals surface area contributed by atoms with Crippen LogP contribution in [0.25, 0.3) is 5.65 Å². The molecule has 0 bridgehead atoms. The van der Waals surface area contributed by atoms with Crippen molar-refractivity contribution in [2.75, 3.05) is 25.0 Å². The highest BCUT2D eigenvalue weighted by molar-refractivity contribution is 5.79. The molecule has 0 N–H and O–H groups in total. The van der Waals surface area contributed by atoms with Crippen molar-refractivity contribution in [3.8, 4) is 0 Å². The fourth-order valence-corrected chi connectivity index (χ4v) is 3.75. The lowest BCUT2D eigenvalue weighted by atomic mass is 10.0. The molecule has 1 aliphatic carbocycles. The third-order valence-electron chi connectivity index (χ3n) is 5.95. The van der Waals surface area contributed by atoms with E-state index in [1.165, 1.54) is 12.8 Å². The number of likely N-dealkylation sites (N-methyl/N-ethyl adjacent to an activating group) is 1. The molecule has 28 heavy (non-hydrogen) atoms. The summed E-state index contributed by atoms with van der Waals surface area (Å²) in [7, 11) is 1.91. The van der Waals surface area contributed by atoms with E-state index in [0.717, 1.165) is 41.5 Å². The average molecular weight is 376 g/mol. The second kappa shape index (κ2) is 6.58. The van der Waals surface area contributed by atoms with E-state index >= 15 is 0 Å². The molecule has 1 saturated carbocycles. The van der Waals surface area contributed by atoms with Gasteiger partial charge in [-0.3, -0.25) is 4.79 Å². The van der Waals surface area contributed by atoms with Gasteiger partial charge in [0.25, 0.3) is 0 Å². The van der Waals surface area contributed by atoms with Gasteiger partial charge in [0.15, 0.2) is 11.5 Å². The van der Waals surface area contributed by atoms with Crippen molar-refractivity contribution in [3.05, 3.63) is 53.3 Å². The summed E-state index contributed by atoms with van der Waals surface area (Å²) in [6, 6.07) is 12.3. The van der Waals surface area contributed by atoms with Crippen molar-refractivity contribution in [3.63, 3.8) is 0 Å². The first-order valence-corrected chi connectivity index (χ1v) is 9.87. The molecule has 3 aromatic rings. The molecule has 144 valence electrons. The fourth-order valence-electron chi connectivity index (χ4n) is 3.75. The molecule has 2 aromatic heterocycles. The monoisotopic (exact) mass is 376 g/mol. The van der Waals surface area contributed by atoms with E-state index in [1.54, 1.807) is 0 Å². The number of fused-ring (bicyclic) bond motifs is 1. The Kier molecular flexibility index (Phi) is 4.03. The van der Waals surface area contributed by atoms with E-state index in [0.29, 0.717) is 12.3 Å². The minimum Gasteiger partial charge on any atom is -0.351 e. The molecule has 7 heteroatoms. The lowest BCUT2D eigenvalue weighted by Gasteiger charge is -2.44. The maximum atomic E-state index is 12.7. The minimum atomic E-state index is 0.164. The van der Waals surface area contributed by atoms with Crippen molar-refractivity contribution in [1.29, 1.82) is 0 Å². The van der Waals surface area contributed by atoms with Crippen LogP contribution < -0.4 is 4.90 Å². The molecule has 0 spiro atoms. The number of carbonyl (C=O) groups is 1. The predicted molar refractivity (Wildman–Crippen MR) is 106 cm³/mol. The van der Waals surface area contributed by atoms with Crippen molar-refractivity contribution in [1.82, 2.24) is 24.7 Å². The Morgan fingerprint density at radius 2 is 1.93 bits per heavy atom. The predicted octanol–water partition coefficient (Wildman–Crippen LogP) is 2.20. The molecule has 1 aliphatic heterocycles. The quantitative estimate of drug-likeness (QED) is 0.683. The van der Waals surface area contributed by atoms with Gasteiger partial charge in [-0.25, -0.2) is 0 Å². The fraction of sp³-hybridized carbons (Fsp3) is 0.429. The lowest BCUT2D eigenvalue weighted by molar-refractivity contribution is -0.131. The van der Waals surface area contributed by atoms with Gasteiger partial charge in [-0.1, -0.05) is 24.3 Å². The van der Waals surface area contributed by atoms with Crippen LogP contribution in [0.3, 0.4) is 0 Å². The molecule has 1 aromatic carbocycles. The van der Waals surface area contributed by atoms with Crippen LogP contribution in [0.2, 0.25) is 0 Å². The zero-order chi connectivity index (χ0) is 19.3. The maximum absolute atomic E-state index is 12.7. The number of amides is 1. The van der Waals surface area contributed by atoms with Gasteiger partial charge in [0.05, 0.1) is 12.5 Å². The molecule has 2 aliphatic rings. The summed E-state index contributed by atoms with van der Waals surface area (Å²) in [5.41, 5.74) is 3.06. The molecule has 5 rings (SSSR count). The van der Waals surface area contributed by atoms with Crippen LogP contribution >= 0.6 is 0 Å². The van der Waals surface area contributed by atoms with Crippen LogP contribution in [0.15, 0.2) is 36.4 Å². The highest BCUT2D eigenvalue weighted by atomic mass is 16.2. The Morgan fingerprint density at radius 3 is 2.68 bits per heavy atom. The van der Waals surface area contributed by atoms with Gasteiger partial charge >= 0.3 is 0 Å². The third kappa shape index (κ3) is 3.00. The number of hydrogen-bond acceptors (Lipinski definition) is 5. The standard InChI is InChI=1S/C21H24N6O/c1-14-5-3-4-6-16(14)11-20(28)25(2)17-12-26(13-17)19-10-9-18-22-23-21(15-7-8-15)27(18)24-19/h3-6,9-10,15,17H,7-8,11-13H2,1-2H3. The van der Waals surface area contributed by atoms with Gasteiger partial charge in [-0.15, -0.1) is 15.3 Å². The SMILES string of the molecule is Cc1ccccc1CC(=O)N(C)C1CN(c2ccc3nnc(C4CC4)n3n2)C1. The summed E-state index contributed by atoms with van der Waals surface area (Å²) in [5, 5.41) is 13.3. The zero-order valence-corrected chi connectivity index (χ0v) is 16.2. The molecular weight excluding hydrogens is 352 g/mol. The summed E-state index contributed by atoms with van der Waals surface area (Å²) < 4.78 is 1.88. The summed E-state index contributed by atoms with van der Waals surface area (Å²) in [4.78, 5) is 16.8. The summed E-state index contributed by atoms with van der Waals surface area (Å²) in [6.07, 6.45) is 2.80.